The minimum atomic E-state index is -0.00931. The van der Waals surface area contributed by atoms with Crippen LogP contribution in [-0.4, -0.2) is 33.9 Å². The first-order valence-electron chi connectivity index (χ1n) is 5.90. The summed E-state index contributed by atoms with van der Waals surface area (Å²) in [6.07, 6.45) is 4.82. The predicted molar refractivity (Wildman–Crippen MR) is 72.2 cm³/mol. The van der Waals surface area contributed by atoms with Gasteiger partial charge in [-0.15, -0.1) is 0 Å². The van der Waals surface area contributed by atoms with Crippen LogP contribution in [-0.2, 0) is 4.79 Å². The number of carbonyl (C=O) groups is 1. The van der Waals surface area contributed by atoms with Gasteiger partial charge in [0.2, 0.25) is 5.91 Å². The van der Waals surface area contributed by atoms with Gasteiger partial charge in [-0.3, -0.25) is 9.79 Å². The maximum Gasteiger partial charge on any atom is 0.233 e. The topological polar surface area (TPSA) is 41.5 Å². The van der Waals surface area contributed by atoms with E-state index in [0.29, 0.717) is 6.04 Å². The number of nitrogens with zero attached hydrogens (tertiary/aromatic N) is 1. The fraction of sp³-hybridized carbons (Fsp3) is 0.818. The first kappa shape index (κ1) is 12.3. The second kappa shape index (κ2) is 5.96. The average molecular weight is 258 g/mol. The average Bonchev–Trinajstić information content (AvgIpc) is 2.90. The van der Waals surface area contributed by atoms with E-state index >= 15 is 0 Å². The van der Waals surface area contributed by atoms with Crippen molar-refractivity contribution < 1.29 is 4.79 Å². The van der Waals surface area contributed by atoms with Crippen LogP contribution in [0.5, 0.6) is 0 Å². The fourth-order valence-corrected chi connectivity index (χ4v) is 4.12. The molecule has 1 saturated carbocycles. The zero-order valence-corrected chi connectivity index (χ0v) is 11.2. The van der Waals surface area contributed by atoms with Crippen LogP contribution in [0.1, 0.15) is 32.6 Å². The Morgan fingerprint density at radius 2 is 2.31 bits per heavy atom. The van der Waals surface area contributed by atoms with Crippen LogP contribution < -0.4 is 5.32 Å². The third kappa shape index (κ3) is 3.42. The molecule has 1 fully saturated rings. The molecule has 3 nitrogen and oxygen atoms in total. The molecule has 0 bridgehead atoms. The van der Waals surface area contributed by atoms with E-state index in [1.54, 1.807) is 23.5 Å². The molecule has 0 spiro atoms. The van der Waals surface area contributed by atoms with Crippen LogP contribution in [0.4, 0.5) is 0 Å². The van der Waals surface area contributed by atoms with E-state index in [2.05, 4.69) is 10.3 Å². The molecule has 5 heteroatoms. The van der Waals surface area contributed by atoms with Crippen LogP contribution in [0, 0.1) is 0 Å². The molecule has 2 rings (SSSR count). The van der Waals surface area contributed by atoms with Gasteiger partial charge in [-0.05, 0) is 19.8 Å². The van der Waals surface area contributed by atoms with E-state index in [1.807, 2.05) is 6.92 Å². The molecular formula is C11H18N2OS2. The summed E-state index contributed by atoms with van der Waals surface area (Å²) in [5.41, 5.74) is 0. The summed E-state index contributed by atoms with van der Waals surface area (Å²) in [4.78, 5) is 16.2. The molecule has 90 valence electrons. The SMILES string of the molecule is CC(SC1=NCCS1)C(=O)NC1CCCC1. The molecule has 1 N–H and O–H groups in total. The van der Waals surface area contributed by atoms with Crippen LogP contribution in [0.3, 0.4) is 0 Å². The largest absolute Gasteiger partial charge is 0.352 e. The van der Waals surface area contributed by atoms with E-state index in [0.717, 1.165) is 29.5 Å². The normalized spacial score (nSPS) is 23.2. The number of hydrogen-bond donors (Lipinski definition) is 1. The molecule has 0 radical (unpaired) electrons. The van der Waals surface area contributed by atoms with Gasteiger partial charge in [0.05, 0.1) is 11.8 Å². The lowest BCUT2D eigenvalue weighted by Crippen LogP contribution is -2.37. The summed E-state index contributed by atoms with van der Waals surface area (Å²) in [6, 6.07) is 0.425. The highest BCUT2D eigenvalue weighted by Crippen LogP contribution is 2.26. The minimum absolute atomic E-state index is 0.00931. The van der Waals surface area contributed by atoms with Crippen molar-refractivity contribution in [3.8, 4) is 0 Å². The van der Waals surface area contributed by atoms with E-state index in [-0.39, 0.29) is 11.2 Å². The van der Waals surface area contributed by atoms with Crippen molar-refractivity contribution in [2.75, 3.05) is 12.3 Å². The second-order valence-corrected chi connectivity index (χ2v) is 6.92. The fourth-order valence-electron chi connectivity index (χ4n) is 1.98. The van der Waals surface area contributed by atoms with E-state index in [9.17, 15) is 4.79 Å². The number of aliphatic imine (C=N–C) groups is 1. The van der Waals surface area contributed by atoms with Crippen molar-refractivity contribution in [3.63, 3.8) is 0 Å². The second-order valence-electron chi connectivity index (χ2n) is 4.25. The van der Waals surface area contributed by atoms with E-state index in [1.165, 1.54) is 12.8 Å². The summed E-state index contributed by atoms with van der Waals surface area (Å²) in [7, 11) is 0. The van der Waals surface area contributed by atoms with Gasteiger partial charge in [0.25, 0.3) is 0 Å². The van der Waals surface area contributed by atoms with Crippen molar-refractivity contribution in [3.05, 3.63) is 0 Å². The van der Waals surface area contributed by atoms with Gasteiger partial charge in [-0.25, -0.2) is 0 Å². The van der Waals surface area contributed by atoms with Crippen LogP contribution in [0.15, 0.2) is 4.99 Å². The van der Waals surface area contributed by atoms with Crippen molar-refractivity contribution in [1.29, 1.82) is 0 Å². The van der Waals surface area contributed by atoms with Gasteiger partial charge < -0.3 is 5.32 Å². The third-order valence-corrected chi connectivity index (χ3v) is 5.21. The lowest BCUT2D eigenvalue weighted by molar-refractivity contribution is -0.120. The molecule has 2 aliphatic rings. The van der Waals surface area contributed by atoms with Crippen molar-refractivity contribution >= 4 is 33.8 Å². The molecule has 1 amide bonds. The van der Waals surface area contributed by atoms with Gasteiger partial charge in [-0.2, -0.15) is 0 Å². The molecule has 1 heterocycles. The third-order valence-electron chi connectivity index (χ3n) is 2.91. The van der Waals surface area contributed by atoms with E-state index in [4.69, 9.17) is 0 Å². The monoisotopic (exact) mass is 258 g/mol. The molecule has 0 aromatic carbocycles. The zero-order chi connectivity index (χ0) is 11.4. The smallest absolute Gasteiger partial charge is 0.233 e. The van der Waals surface area contributed by atoms with Gasteiger partial charge >= 0.3 is 0 Å². The van der Waals surface area contributed by atoms with Gasteiger partial charge in [-0.1, -0.05) is 36.4 Å². The Morgan fingerprint density at radius 1 is 1.56 bits per heavy atom. The van der Waals surface area contributed by atoms with Crippen LogP contribution >= 0.6 is 23.5 Å². The molecule has 0 aromatic heterocycles. The number of nitrogens with one attached hydrogen (secondary N) is 1. The van der Waals surface area contributed by atoms with Crippen molar-refractivity contribution in [2.45, 2.75) is 43.9 Å². The Balaban J connectivity index is 1.74. The Labute approximate surface area is 105 Å². The maximum atomic E-state index is 11.9. The minimum Gasteiger partial charge on any atom is -0.352 e. The summed E-state index contributed by atoms with van der Waals surface area (Å²) < 4.78 is 1.08. The first-order chi connectivity index (χ1) is 7.75. The molecule has 1 aliphatic heterocycles. The lowest BCUT2D eigenvalue weighted by atomic mass is 10.2. The first-order valence-corrected chi connectivity index (χ1v) is 7.76. The zero-order valence-electron chi connectivity index (χ0n) is 9.57. The number of rotatable bonds is 3. The highest BCUT2D eigenvalue weighted by atomic mass is 32.2. The number of thioether (sulfide) groups is 2. The molecule has 16 heavy (non-hydrogen) atoms. The standard InChI is InChI=1S/C11H18N2OS2/c1-8(16-11-12-6-7-15-11)10(14)13-9-4-2-3-5-9/h8-9H,2-7H2,1H3,(H,13,14). The summed E-state index contributed by atoms with van der Waals surface area (Å²) in [5.74, 6) is 1.24. The molecule has 0 aromatic rings. The lowest BCUT2D eigenvalue weighted by Gasteiger charge is -2.15. The Morgan fingerprint density at radius 3 is 2.94 bits per heavy atom. The van der Waals surface area contributed by atoms with Gasteiger partial charge in [0, 0.05) is 11.8 Å². The Hall–Kier alpha value is -0.160. The molecular weight excluding hydrogens is 240 g/mol. The van der Waals surface area contributed by atoms with Gasteiger partial charge in [0.1, 0.15) is 4.38 Å². The van der Waals surface area contributed by atoms with Crippen molar-refractivity contribution in [1.82, 2.24) is 5.32 Å². The number of amides is 1. The Bertz CT molecular complexity index is 288. The molecule has 1 atom stereocenters. The quantitative estimate of drug-likeness (QED) is 0.844. The summed E-state index contributed by atoms with van der Waals surface area (Å²) in [5, 5.41) is 3.12. The number of hydrogen-bond acceptors (Lipinski definition) is 4. The van der Waals surface area contributed by atoms with Crippen molar-refractivity contribution in [2.24, 2.45) is 4.99 Å². The predicted octanol–water partition coefficient (Wildman–Crippen LogP) is 2.27. The highest BCUT2D eigenvalue weighted by Gasteiger charge is 2.22. The summed E-state index contributed by atoms with van der Waals surface area (Å²) in [6.45, 7) is 2.88. The molecule has 1 aliphatic carbocycles. The highest BCUT2D eigenvalue weighted by molar-refractivity contribution is 8.39. The van der Waals surface area contributed by atoms with E-state index < -0.39 is 0 Å². The Kier molecular flexibility index (Phi) is 4.58. The van der Waals surface area contributed by atoms with Crippen LogP contribution in [0.2, 0.25) is 0 Å². The summed E-state index contributed by atoms with van der Waals surface area (Å²) >= 11 is 3.36. The number of carbonyl (C=O) groups excluding carboxylic acids is 1. The molecule has 0 saturated heterocycles. The maximum absolute atomic E-state index is 11.9. The van der Waals surface area contributed by atoms with Gasteiger partial charge in [0.15, 0.2) is 0 Å². The molecule has 1 unspecified atom stereocenters. The van der Waals surface area contributed by atoms with Crippen LogP contribution in [0.25, 0.3) is 0 Å².